The van der Waals surface area contributed by atoms with Gasteiger partial charge in [0.1, 0.15) is 0 Å². The third-order valence-electron chi connectivity index (χ3n) is 3.74. The standard InChI is InChI=1S/C15H20N2O2/c1-11-8-13-14(9-12(11)2)17(10-16-13)5-4-15-18-6-3-7-19-15/h8-10,15H,3-7H2,1-2H3. The normalized spacial score (nSPS) is 17.2. The average Bonchev–Trinajstić information content (AvgIpc) is 2.80. The number of hydrogen-bond donors (Lipinski definition) is 0. The highest BCUT2D eigenvalue weighted by Crippen LogP contribution is 2.19. The maximum absolute atomic E-state index is 5.58. The van der Waals surface area contributed by atoms with Gasteiger partial charge in [-0.15, -0.1) is 0 Å². The molecule has 1 aromatic carbocycles. The molecular weight excluding hydrogens is 240 g/mol. The summed E-state index contributed by atoms with van der Waals surface area (Å²) < 4.78 is 13.3. The van der Waals surface area contributed by atoms with E-state index in [1.54, 1.807) is 0 Å². The van der Waals surface area contributed by atoms with Gasteiger partial charge in [0.2, 0.25) is 0 Å². The number of imidazole rings is 1. The Morgan fingerprint density at radius 3 is 2.74 bits per heavy atom. The molecule has 0 bridgehead atoms. The van der Waals surface area contributed by atoms with Crippen LogP contribution in [0.2, 0.25) is 0 Å². The lowest BCUT2D eigenvalue weighted by atomic mass is 10.1. The zero-order chi connectivity index (χ0) is 13.2. The minimum absolute atomic E-state index is 0.0576. The quantitative estimate of drug-likeness (QED) is 0.851. The number of hydrogen-bond acceptors (Lipinski definition) is 3. The van der Waals surface area contributed by atoms with Gasteiger partial charge in [-0.05, 0) is 43.5 Å². The summed E-state index contributed by atoms with van der Waals surface area (Å²) >= 11 is 0. The smallest absolute Gasteiger partial charge is 0.159 e. The van der Waals surface area contributed by atoms with Crippen LogP contribution in [0.4, 0.5) is 0 Å². The van der Waals surface area contributed by atoms with Crippen LogP contribution in [0.1, 0.15) is 24.0 Å². The summed E-state index contributed by atoms with van der Waals surface area (Å²) in [7, 11) is 0. The third-order valence-corrected chi connectivity index (χ3v) is 3.74. The van der Waals surface area contributed by atoms with Crippen LogP contribution < -0.4 is 0 Å². The second-order valence-corrected chi connectivity index (χ2v) is 5.18. The molecule has 1 aromatic heterocycles. The van der Waals surface area contributed by atoms with Crippen LogP contribution in [0.25, 0.3) is 11.0 Å². The van der Waals surface area contributed by atoms with E-state index in [2.05, 4.69) is 35.5 Å². The summed E-state index contributed by atoms with van der Waals surface area (Å²) in [5, 5.41) is 0. The summed E-state index contributed by atoms with van der Waals surface area (Å²) in [6.45, 7) is 6.77. The highest BCUT2D eigenvalue weighted by atomic mass is 16.7. The van der Waals surface area contributed by atoms with E-state index < -0.39 is 0 Å². The van der Waals surface area contributed by atoms with Gasteiger partial charge in [-0.25, -0.2) is 4.98 Å². The van der Waals surface area contributed by atoms with Crippen LogP contribution in [0, 0.1) is 13.8 Å². The first-order chi connectivity index (χ1) is 9.24. The number of fused-ring (bicyclic) bond motifs is 1. The van der Waals surface area contributed by atoms with Gasteiger partial charge in [0, 0.05) is 13.0 Å². The van der Waals surface area contributed by atoms with Crippen molar-refractivity contribution in [3.05, 3.63) is 29.6 Å². The molecule has 1 aliphatic rings. The number of rotatable bonds is 3. The lowest BCUT2D eigenvalue weighted by molar-refractivity contribution is -0.182. The van der Waals surface area contributed by atoms with Crippen molar-refractivity contribution in [1.29, 1.82) is 0 Å². The van der Waals surface area contributed by atoms with Crippen LogP contribution in [-0.2, 0) is 16.0 Å². The van der Waals surface area contributed by atoms with Crippen molar-refractivity contribution in [3.8, 4) is 0 Å². The topological polar surface area (TPSA) is 36.3 Å². The fourth-order valence-corrected chi connectivity index (χ4v) is 2.44. The molecular formula is C15H20N2O2. The van der Waals surface area contributed by atoms with E-state index in [0.29, 0.717) is 0 Å². The van der Waals surface area contributed by atoms with Crippen molar-refractivity contribution >= 4 is 11.0 Å². The fraction of sp³-hybridized carbons (Fsp3) is 0.533. The Labute approximate surface area is 113 Å². The van der Waals surface area contributed by atoms with Gasteiger partial charge in [-0.2, -0.15) is 0 Å². The second kappa shape index (κ2) is 5.31. The molecule has 0 spiro atoms. The minimum Gasteiger partial charge on any atom is -0.353 e. The minimum atomic E-state index is -0.0576. The van der Waals surface area contributed by atoms with E-state index in [9.17, 15) is 0 Å². The maximum Gasteiger partial charge on any atom is 0.159 e. The molecule has 1 fully saturated rings. The van der Waals surface area contributed by atoms with E-state index in [1.165, 1.54) is 16.6 Å². The van der Waals surface area contributed by atoms with Crippen molar-refractivity contribution in [1.82, 2.24) is 9.55 Å². The fourth-order valence-electron chi connectivity index (χ4n) is 2.44. The highest BCUT2D eigenvalue weighted by Gasteiger charge is 2.14. The molecule has 0 N–H and O–H groups in total. The Morgan fingerprint density at radius 1 is 1.21 bits per heavy atom. The number of aryl methyl sites for hydroxylation is 3. The highest BCUT2D eigenvalue weighted by molar-refractivity contribution is 5.77. The molecule has 3 rings (SSSR count). The Hall–Kier alpha value is -1.39. The summed E-state index contributed by atoms with van der Waals surface area (Å²) in [6, 6.07) is 4.36. The van der Waals surface area contributed by atoms with Gasteiger partial charge >= 0.3 is 0 Å². The van der Waals surface area contributed by atoms with E-state index in [1.807, 2.05) is 6.33 Å². The first-order valence-electron chi connectivity index (χ1n) is 6.89. The third kappa shape index (κ3) is 2.65. The first kappa shape index (κ1) is 12.6. The lowest BCUT2D eigenvalue weighted by Gasteiger charge is -2.23. The monoisotopic (exact) mass is 260 g/mol. The summed E-state index contributed by atoms with van der Waals surface area (Å²) in [5.41, 5.74) is 4.85. The predicted molar refractivity (Wildman–Crippen MR) is 74.1 cm³/mol. The molecule has 0 saturated carbocycles. The number of ether oxygens (including phenoxy) is 2. The Balaban J connectivity index is 1.75. The number of aromatic nitrogens is 2. The molecule has 0 radical (unpaired) electrons. The summed E-state index contributed by atoms with van der Waals surface area (Å²) in [4.78, 5) is 4.47. The molecule has 0 aliphatic carbocycles. The van der Waals surface area contributed by atoms with Gasteiger partial charge < -0.3 is 14.0 Å². The molecule has 1 aliphatic heterocycles. The lowest BCUT2D eigenvalue weighted by Crippen LogP contribution is -2.25. The van der Waals surface area contributed by atoms with Crippen LogP contribution in [0.15, 0.2) is 18.5 Å². The summed E-state index contributed by atoms with van der Waals surface area (Å²) in [5.74, 6) is 0. The van der Waals surface area contributed by atoms with E-state index in [4.69, 9.17) is 9.47 Å². The Morgan fingerprint density at radius 2 is 1.95 bits per heavy atom. The molecule has 0 amide bonds. The van der Waals surface area contributed by atoms with Crippen LogP contribution in [0.3, 0.4) is 0 Å². The summed E-state index contributed by atoms with van der Waals surface area (Å²) in [6.07, 6.45) is 3.73. The second-order valence-electron chi connectivity index (χ2n) is 5.18. The average molecular weight is 260 g/mol. The predicted octanol–water partition coefficient (Wildman–Crippen LogP) is 2.81. The zero-order valence-electron chi connectivity index (χ0n) is 11.6. The molecule has 2 heterocycles. The van der Waals surface area contributed by atoms with Crippen molar-refractivity contribution in [2.75, 3.05) is 13.2 Å². The van der Waals surface area contributed by atoms with Gasteiger partial charge in [0.05, 0.1) is 30.6 Å². The molecule has 19 heavy (non-hydrogen) atoms. The van der Waals surface area contributed by atoms with Crippen molar-refractivity contribution in [3.63, 3.8) is 0 Å². The molecule has 102 valence electrons. The van der Waals surface area contributed by atoms with E-state index in [0.717, 1.165) is 38.1 Å². The van der Waals surface area contributed by atoms with Crippen molar-refractivity contribution in [2.45, 2.75) is 39.5 Å². The number of nitrogens with zero attached hydrogens (tertiary/aromatic N) is 2. The van der Waals surface area contributed by atoms with Gasteiger partial charge in [0.25, 0.3) is 0 Å². The maximum atomic E-state index is 5.58. The van der Waals surface area contributed by atoms with Crippen LogP contribution >= 0.6 is 0 Å². The largest absolute Gasteiger partial charge is 0.353 e. The van der Waals surface area contributed by atoms with E-state index >= 15 is 0 Å². The molecule has 4 heteroatoms. The first-order valence-corrected chi connectivity index (χ1v) is 6.89. The van der Waals surface area contributed by atoms with Gasteiger partial charge in [-0.3, -0.25) is 0 Å². The van der Waals surface area contributed by atoms with Gasteiger partial charge in [0.15, 0.2) is 6.29 Å². The van der Waals surface area contributed by atoms with Crippen LogP contribution in [-0.4, -0.2) is 29.1 Å². The number of benzene rings is 1. The Kier molecular flexibility index (Phi) is 3.53. The van der Waals surface area contributed by atoms with E-state index in [-0.39, 0.29) is 6.29 Å². The van der Waals surface area contributed by atoms with Gasteiger partial charge in [-0.1, -0.05) is 0 Å². The molecule has 0 atom stereocenters. The Bertz CT molecular complexity index is 571. The van der Waals surface area contributed by atoms with Crippen molar-refractivity contribution < 1.29 is 9.47 Å². The SMILES string of the molecule is Cc1cc2ncn(CCC3OCCCO3)c2cc1C. The molecule has 0 unspecified atom stereocenters. The van der Waals surface area contributed by atoms with Crippen molar-refractivity contribution in [2.24, 2.45) is 0 Å². The molecule has 2 aromatic rings. The van der Waals surface area contributed by atoms with Crippen LogP contribution in [0.5, 0.6) is 0 Å². The molecule has 1 saturated heterocycles. The zero-order valence-corrected chi connectivity index (χ0v) is 11.6. The molecule has 4 nitrogen and oxygen atoms in total.